The number of amides is 2. The molecule has 1 heterocycles. The molecule has 0 spiro atoms. The van der Waals surface area contributed by atoms with Gasteiger partial charge < -0.3 is 9.80 Å². The van der Waals surface area contributed by atoms with Crippen LogP contribution in [0.25, 0.3) is 0 Å². The lowest BCUT2D eigenvalue weighted by Crippen LogP contribution is -2.50. The standard InChI is InChI=1S/C21H21F3N2O2/c1-14-3-8-18(15(2)13-14)20(28)26-11-9-25(10-12-26)19(27)16-4-6-17(7-5-16)21(22,23)24/h3-8,13H,9-12H2,1-2H3. The third kappa shape index (κ3) is 4.18. The second-order valence-corrected chi connectivity index (χ2v) is 6.98. The molecule has 0 saturated carbocycles. The Morgan fingerprint density at radius 1 is 0.821 bits per heavy atom. The quantitative estimate of drug-likeness (QED) is 0.780. The van der Waals surface area contributed by atoms with E-state index >= 15 is 0 Å². The van der Waals surface area contributed by atoms with Gasteiger partial charge in [-0.1, -0.05) is 17.7 Å². The molecule has 7 heteroatoms. The van der Waals surface area contributed by atoms with Crippen molar-refractivity contribution in [3.8, 4) is 0 Å². The number of halogens is 3. The van der Waals surface area contributed by atoms with Crippen molar-refractivity contribution < 1.29 is 22.8 Å². The lowest BCUT2D eigenvalue weighted by atomic mass is 10.0. The highest BCUT2D eigenvalue weighted by atomic mass is 19.4. The van der Waals surface area contributed by atoms with Crippen LogP contribution in [0.15, 0.2) is 42.5 Å². The summed E-state index contributed by atoms with van der Waals surface area (Å²) in [7, 11) is 0. The maximum absolute atomic E-state index is 12.7. The second-order valence-electron chi connectivity index (χ2n) is 6.98. The molecular weight excluding hydrogens is 369 g/mol. The van der Waals surface area contributed by atoms with Gasteiger partial charge in [-0.15, -0.1) is 0 Å². The first-order chi connectivity index (χ1) is 13.2. The van der Waals surface area contributed by atoms with Gasteiger partial charge in [0.1, 0.15) is 0 Å². The van der Waals surface area contributed by atoms with Crippen molar-refractivity contribution in [3.05, 3.63) is 70.3 Å². The molecule has 4 nitrogen and oxygen atoms in total. The van der Waals surface area contributed by atoms with Gasteiger partial charge in [0, 0.05) is 37.3 Å². The number of nitrogens with zero attached hydrogens (tertiary/aromatic N) is 2. The second kappa shape index (κ2) is 7.66. The van der Waals surface area contributed by atoms with Crippen molar-refractivity contribution in [2.24, 2.45) is 0 Å². The molecule has 0 aliphatic carbocycles. The van der Waals surface area contributed by atoms with Crippen LogP contribution in [0.5, 0.6) is 0 Å². The molecule has 0 aromatic heterocycles. The number of hydrogen-bond acceptors (Lipinski definition) is 2. The lowest BCUT2D eigenvalue weighted by molar-refractivity contribution is -0.137. The predicted octanol–water partition coefficient (Wildman–Crippen LogP) is 3.92. The van der Waals surface area contributed by atoms with Crippen LogP contribution in [0.2, 0.25) is 0 Å². The van der Waals surface area contributed by atoms with E-state index in [9.17, 15) is 22.8 Å². The summed E-state index contributed by atoms with van der Waals surface area (Å²) in [6, 6.07) is 9.87. The molecule has 1 saturated heterocycles. The molecule has 2 aromatic carbocycles. The molecule has 1 aliphatic rings. The van der Waals surface area contributed by atoms with Crippen LogP contribution in [0.1, 0.15) is 37.4 Å². The maximum Gasteiger partial charge on any atom is 0.416 e. The zero-order valence-electron chi connectivity index (χ0n) is 15.7. The summed E-state index contributed by atoms with van der Waals surface area (Å²) in [5.41, 5.74) is 2.07. The van der Waals surface area contributed by atoms with Crippen molar-refractivity contribution in [2.75, 3.05) is 26.2 Å². The molecule has 0 unspecified atom stereocenters. The molecule has 1 fully saturated rings. The molecular formula is C21H21F3N2O2. The number of alkyl halides is 3. The molecule has 0 bridgehead atoms. The molecule has 1 aliphatic heterocycles. The summed E-state index contributed by atoms with van der Waals surface area (Å²) >= 11 is 0. The number of rotatable bonds is 2. The Morgan fingerprint density at radius 3 is 1.86 bits per heavy atom. The van der Waals surface area contributed by atoms with E-state index in [1.54, 1.807) is 9.80 Å². The average molecular weight is 390 g/mol. The predicted molar refractivity (Wildman–Crippen MR) is 99.2 cm³/mol. The van der Waals surface area contributed by atoms with Crippen LogP contribution in [0.4, 0.5) is 13.2 Å². The molecule has 2 amide bonds. The van der Waals surface area contributed by atoms with Crippen molar-refractivity contribution in [1.29, 1.82) is 0 Å². The zero-order chi connectivity index (χ0) is 20.5. The van der Waals surface area contributed by atoms with Gasteiger partial charge in [-0.3, -0.25) is 9.59 Å². The van der Waals surface area contributed by atoms with Crippen LogP contribution >= 0.6 is 0 Å². The number of hydrogen-bond donors (Lipinski definition) is 0. The van der Waals surface area contributed by atoms with E-state index in [1.165, 1.54) is 12.1 Å². The first kappa shape index (κ1) is 19.9. The van der Waals surface area contributed by atoms with E-state index in [1.807, 2.05) is 32.0 Å². The molecule has 148 valence electrons. The van der Waals surface area contributed by atoms with Gasteiger partial charge in [-0.2, -0.15) is 13.2 Å². The SMILES string of the molecule is Cc1ccc(C(=O)N2CCN(C(=O)c3ccc(C(F)(F)F)cc3)CC2)c(C)c1. The molecule has 2 aromatic rings. The molecule has 0 radical (unpaired) electrons. The van der Waals surface area contributed by atoms with E-state index in [2.05, 4.69) is 0 Å². The Hall–Kier alpha value is -2.83. The van der Waals surface area contributed by atoms with Gasteiger partial charge in [0.05, 0.1) is 5.56 Å². The monoisotopic (exact) mass is 390 g/mol. The van der Waals surface area contributed by atoms with Crippen LogP contribution < -0.4 is 0 Å². The third-order valence-corrected chi connectivity index (χ3v) is 4.93. The van der Waals surface area contributed by atoms with E-state index < -0.39 is 11.7 Å². The minimum absolute atomic E-state index is 0.0703. The number of piperazine rings is 1. The smallest absolute Gasteiger partial charge is 0.335 e. The van der Waals surface area contributed by atoms with E-state index in [0.717, 1.165) is 23.3 Å². The largest absolute Gasteiger partial charge is 0.416 e. The van der Waals surface area contributed by atoms with Gasteiger partial charge in [0.25, 0.3) is 11.8 Å². The first-order valence-corrected chi connectivity index (χ1v) is 9.00. The summed E-state index contributed by atoms with van der Waals surface area (Å²) in [6.07, 6.45) is -4.43. The van der Waals surface area contributed by atoms with Gasteiger partial charge in [-0.05, 0) is 49.7 Å². The van der Waals surface area contributed by atoms with Crippen LogP contribution in [0.3, 0.4) is 0 Å². The van der Waals surface area contributed by atoms with Gasteiger partial charge in [0.2, 0.25) is 0 Å². The normalized spacial score (nSPS) is 14.9. The summed E-state index contributed by atoms with van der Waals surface area (Å²) in [5, 5.41) is 0. The lowest BCUT2D eigenvalue weighted by Gasteiger charge is -2.35. The van der Waals surface area contributed by atoms with Crippen LogP contribution in [-0.2, 0) is 6.18 Å². The Labute approximate surface area is 161 Å². The molecule has 0 atom stereocenters. The minimum atomic E-state index is -4.43. The van der Waals surface area contributed by atoms with Gasteiger partial charge in [0.15, 0.2) is 0 Å². The van der Waals surface area contributed by atoms with E-state index in [4.69, 9.17) is 0 Å². The highest BCUT2D eigenvalue weighted by Gasteiger charge is 2.31. The average Bonchev–Trinajstić information content (AvgIpc) is 2.66. The highest BCUT2D eigenvalue weighted by Crippen LogP contribution is 2.29. The fourth-order valence-electron chi connectivity index (χ4n) is 3.32. The van der Waals surface area contributed by atoms with Gasteiger partial charge in [-0.25, -0.2) is 0 Å². The van der Waals surface area contributed by atoms with Crippen molar-refractivity contribution in [3.63, 3.8) is 0 Å². The fourth-order valence-corrected chi connectivity index (χ4v) is 3.32. The number of carbonyl (C=O) groups is 2. The number of aryl methyl sites for hydroxylation is 2. The van der Waals surface area contributed by atoms with Crippen LogP contribution in [0, 0.1) is 13.8 Å². The summed E-state index contributed by atoms with van der Waals surface area (Å²) in [6.45, 7) is 5.32. The maximum atomic E-state index is 12.7. The minimum Gasteiger partial charge on any atom is -0.335 e. The summed E-state index contributed by atoms with van der Waals surface area (Å²) < 4.78 is 38.0. The fraction of sp³-hybridized carbons (Fsp3) is 0.333. The van der Waals surface area contributed by atoms with Crippen LogP contribution in [-0.4, -0.2) is 47.8 Å². The Kier molecular flexibility index (Phi) is 5.45. The number of benzene rings is 2. The number of carbonyl (C=O) groups excluding carboxylic acids is 2. The third-order valence-electron chi connectivity index (χ3n) is 4.93. The summed E-state index contributed by atoms with van der Waals surface area (Å²) in [4.78, 5) is 28.5. The van der Waals surface area contributed by atoms with Gasteiger partial charge >= 0.3 is 6.18 Å². The van der Waals surface area contributed by atoms with Crippen molar-refractivity contribution >= 4 is 11.8 Å². The Morgan fingerprint density at radius 2 is 1.36 bits per heavy atom. The van der Waals surface area contributed by atoms with Crippen molar-refractivity contribution in [2.45, 2.75) is 20.0 Å². The van der Waals surface area contributed by atoms with E-state index in [-0.39, 0.29) is 17.4 Å². The molecule has 0 N–H and O–H groups in total. The van der Waals surface area contributed by atoms with Crippen molar-refractivity contribution in [1.82, 2.24) is 9.80 Å². The Bertz CT molecular complexity index is 884. The first-order valence-electron chi connectivity index (χ1n) is 9.00. The molecule has 3 rings (SSSR count). The zero-order valence-corrected chi connectivity index (χ0v) is 15.7. The van der Waals surface area contributed by atoms with E-state index in [0.29, 0.717) is 31.7 Å². The Balaban J connectivity index is 1.63. The topological polar surface area (TPSA) is 40.6 Å². The molecule has 28 heavy (non-hydrogen) atoms. The highest BCUT2D eigenvalue weighted by molar-refractivity contribution is 5.97. The summed E-state index contributed by atoms with van der Waals surface area (Å²) in [5.74, 6) is -0.397.